The fraction of sp³-hybridized carbons (Fsp3) is 0.500. The number of piperazine rings is 1. The predicted molar refractivity (Wildman–Crippen MR) is 137 cm³/mol. The zero-order valence-corrected chi connectivity index (χ0v) is 22.0. The molecule has 7 nitrogen and oxygen atoms in total. The van der Waals surface area contributed by atoms with Crippen molar-refractivity contribution in [2.75, 3.05) is 52.9 Å². The van der Waals surface area contributed by atoms with Gasteiger partial charge in [0.2, 0.25) is 15.9 Å². The number of ether oxygens (including phenoxy) is 1. The summed E-state index contributed by atoms with van der Waals surface area (Å²) in [5.74, 6) is 0.715. The van der Waals surface area contributed by atoms with E-state index in [1.54, 1.807) is 40.7 Å². The predicted octanol–water partition coefficient (Wildman–Crippen LogP) is 3.66. The smallest absolute Gasteiger partial charge is 0.243 e. The van der Waals surface area contributed by atoms with E-state index in [0.717, 1.165) is 25.1 Å². The molecule has 2 aromatic carbocycles. The third kappa shape index (κ3) is 6.17. The fourth-order valence-corrected chi connectivity index (χ4v) is 6.86. The van der Waals surface area contributed by atoms with Gasteiger partial charge in [0.1, 0.15) is 5.75 Å². The minimum Gasteiger partial charge on any atom is -0.493 e. The Morgan fingerprint density at radius 3 is 2.40 bits per heavy atom. The van der Waals surface area contributed by atoms with Gasteiger partial charge in [-0.15, -0.1) is 0 Å². The minimum atomic E-state index is -3.69. The molecule has 0 unspecified atom stereocenters. The number of carbonyl (C=O) groups excluding carboxylic acids is 1. The van der Waals surface area contributed by atoms with E-state index in [1.165, 1.54) is 0 Å². The van der Waals surface area contributed by atoms with Crippen molar-refractivity contribution in [2.24, 2.45) is 5.41 Å². The van der Waals surface area contributed by atoms with Gasteiger partial charge in [-0.25, -0.2) is 8.42 Å². The number of nitrogens with zero attached hydrogens (tertiary/aromatic N) is 3. The van der Waals surface area contributed by atoms with Gasteiger partial charge in [0.25, 0.3) is 0 Å². The van der Waals surface area contributed by atoms with Crippen molar-refractivity contribution in [1.29, 1.82) is 0 Å². The highest BCUT2D eigenvalue weighted by atomic mass is 35.5. The summed E-state index contributed by atoms with van der Waals surface area (Å²) >= 11 is 6.01. The number of amides is 1. The molecular weight excluding hydrogens is 486 g/mol. The van der Waals surface area contributed by atoms with Crippen LogP contribution in [0.2, 0.25) is 5.02 Å². The fourth-order valence-electron chi connectivity index (χ4n) is 4.92. The molecule has 2 aliphatic rings. The number of piperidine rings is 1. The van der Waals surface area contributed by atoms with Gasteiger partial charge in [-0.2, -0.15) is 4.31 Å². The van der Waals surface area contributed by atoms with Gasteiger partial charge in [0.15, 0.2) is 0 Å². The lowest BCUT2D eigenvalue weighted by Gasteiger charge is -2.43. The molecule has 0 N–H and O–H groups in total. The minimum absolute atomic E-state index is 0.0629. The summed E-state index contributed by atoms with van der Waals surface area (Å²) in [7, 11) is -1.64. The lowest BCUT2D eigenvalue weighted by molar-refractivity contribution is -0.136. The first-order chi connectivity index (χ1) is 16.7. The molecule has 2 aliphatic heterocycles. The first-order valence-electron chi connectivity index (χ1n) is 12.1. The van der Waals surface area contributed by atoms with E-state index in [-0.39, 0.29) is 25.5 Å². The van der Waals surface area contributed by atoms with E-state index in [9.17, 15) is 13.2 Å². The van der Waals surface area contributed by atoms with Crippen LogP contribution in [0.25, 0.3) is 0 Å². The summed E-state index contributed by atoms with van der Waals surface area (Å²) in [6.07, 6.45) is 1.65. The van der Waals surface area contributed by atoms with Crippen molar-refractivity contribution in [3.8, 4) is 5.75 Å². The average molecular weight is 520 g/mol. The number of hydrogen-bond acceptors (Lipinski definition) is 5. The normalized spacial score (nSPS) is 22.2. The molecule has 2 heterocycles. The third-order valence-corrected chi connectivity index (χ3v) is 9.34. The summed E-state index contributed by atoms with van der Waals surface area (Å²) in [6.45, 7) is 5.81. The molecule has 35 heavy (non-hydrogen) atoms. The lowest BCUT2D eigenvalue weighted by atomic mass is 9.78. The van der Waals surface area contributed by atoms with Crippen LogP contribution < -0.4 is 4.74 Å². The highest BCUT2D eigenvalue weighted by Gasteiger charge is 2.43. The van der Waals surface area contributed by atoms with Crippen molar-refractivity contribution in [1.82, 2.24) is 14.1 Å². The van der Waals surface area contributed by atoms with Gasteiger partial charge in [0.05, 0.1) is 11.5 Å². The maximum absolute atomic E-state index is 13.6. The lowest BCUT2D eigenvalue weighted by Crippen LogP contribution is -2.53. The number of aryl methyl sites for hydroxylation is 1. The Kier molecular flexibility index (Phi) is 8.06. The summed E-state index contributed by atoms with van der Waals surface area (Å²) < 4.78 is 34.9. The molecule has 190 valence electrons. The maximum atomic E-state index is 13.6. The van der Waals surface area contributed by atoms with Crippen LogP contribution in [0.4, 0.5) is 0 Å². The van der Waals surface area contributed by atoms with E-state index < -0.39 is 15.4 Å². The molecule has 0 aliphatic carbocycles. The third-order valence-electron chi connectivity index (χ3n) is 7.08. The number of sulfonamides is 1. The maximum Gasteiger partial charge on any atom is 0.243 e. The molecule has 9 heteroatoms. The number of carbonyl (C=O) groups is 1. The zero-order chi connectivity index (χ0) is 25.1. The second-order valence-corrected chi connectivity index (χ2v) is 12.2. The largest absolute Gasteiger partial charge is 0.493 e. The highest BCUT2D eigenvalue weighted by molar-refractivity contribution is 7.89. The number of likely N-dealkylation sites (N-methyl/N-ethyl adjacent to an activating group) is 1. The molecule has 0 spiro atoms. The Morgan fingerprint density at radius 1 is 1.03 bits per heavy atom. The van der Waals surface area contributed by atoms with Crippen LogP contribution >= 0.6 is 11.6 Å². The number of halogens is 1. The Bertz CT molecular complexity index is 1130. The molecule has 2 saturated heterocycles. The van der Waals surface area contributed by atoms with Crippen molar-refractivity contribution in [3.63, 3.8) is 0 Å². The van der Waals surface area contributed by atoms with Crippen molar-refractivity contribution in [3.05, 3.63) is 59.1 Å². The summed E-state index contributed by atoms with van der Waals surface area (Å²) in [4.78, 5) is 17.8. The van der Waals surface area contributed by atoms with Gasteiger partial charge in [-0.05, 0) is 62.7 Å². The molecule has 0 bridgehead atoms. The molecule has 4 rings (SSSR count). The van der Waals surface area contributed by atoms with Crippen LogP contribution in [0, 0.1) is 12.3 Å². The average Bonchev–Trinajstić information content (AvgIpc) is 2.84. The Labute approximate surface area is 213 Å². The summed E-state index contributed by atoms with van der Waals surface area (Å²) in [5.41, 5.74) is 0.100. The van der Waals surface area contributed by atoms with Crippen molar-refractivity contribution < 1.29 is 17.9 Å². The van der Waals surface area contributed by atoms with Crippen LogP contribution in [0.15, 0.2) is 53.4 Å². The van der Waals surface area contributed by atoms with Crippen LogP contribution in [-0.2, 0) is 14.8 Å². The van der Waals surface area contributed by atoms with Gasteiger partial charge in [0, 0.05) is 56.1 Å². The monoisotopic (exact) mass is 519 g/mol. The van der Waals surface area contributed by atoms with Crippen LogP contribution in [0.1, 0.15) is 24.8 Å². The molecule has 2 aromatic rings. The Hall–Kier alpha value is -2.13. The highest BCUT2D eigenvalue weighted by Crippen LogP contribution is 2.38. The Morgan fingerprint density at radius 2 is 1.71 bits per heavy atom. The van der Waals surface area contributed by atoms with Gasteiger partial charge >= 0.3 is 0 Å². The summed E-state index contributed by atoms with van der Waals surface area (Å²) in [5, 5.41) is 0.616. The van der Waals surface area contributed by atoms with Crippen molar-refractivity contribution >= 4 is 27.5 Å². The van der Waals surface area contributed by atoms with E-state index in [0.29, 0.717) is 41.7 Å². The standard InChI is InChI=1S/C26H34ClN3O4S/c1-21-6-3-4-7-24(21)35(32,33)30-13-5-12-26(19-30,20-34-23-10-8-22(27)9-11-23)18-25(31)29-16-14-28(2)15-17-29/h3-4,6-11H,5,12-20H2,1-2H3/t26-/m1/s1. The molecule has 0 saturated carbocycles. The van der Waals surface area contributed by atoms with E-state index in [4.69, 9.17) is 16.3 Å². The van der Waals surface area contributed by atoms with Gasteiger partial charge in [-0.3, -0.25) is 4.79 Å². The quantitative estimate of drug-likeness (QED) is 0.558. The topological polar surface area (TPSA) is 70.2 Å². The van der Waals surface area contributed by atoms with E-state index in [1.807, 2.05) is 24.0 Å². The first kappa shape index (κ1) is 25.9. The van der Waals surface area contributed by atoms with Crippen LogP contribution in [0.5, 0.6) is 5.75 Å². The molecule has 0 radical (unpaired) electrons. The van der Waals surface area contributed by atoms with E-state index >= 15 is 0 Å². The second-order valence-electron chi connectivity index (χ2n) is 9.81. The van der Waals surface area contributed by atoms with Gasteiger partial charge in [-0.1, -0.05) is 29.8 Å². The van der Waals surface area contributed by atoms with Crippen LogP contribution in [0.3, 0.4) is 0 Å². The van der Waals surface area contributed by atoms with E-state index in [2.05, 4.69) is 11.9 Å². The summed E-state index contributed by atoms with van der Waals surface area (Å²) in [6, 6.07) is 14.2. The number of benzene rings is 2. The molecule has 1 atom stereocenters. The molecule has 2 fully saturated rings. The molecular formula is C26H34ClN3O4S. The number of rotatable bonds is 7. The second kappa shape index (κ2) is 10.9. The van der Waals surface area contributed by atoms with Gasteiger partial charge < -0.3 is 14.5 Å². The first-order valence-corrected chi connectivity index (χ1v) is 13.9. The Balaban J connectivity index is 1.58. The van der Waals surface area contributed by atoms with Crippen molar-refractivity contribution in [2.45, 2.75) is 31.1 Å². The molecule has 0 aromatic heterocycles. The number of hydrogen-bond donors (Lipinski definition) is 0. The zero-order valence-electron chi connectivity index (χ0n) is 20.5. The van der Waals surface area contributed by atoms with Crippen LogP contribution in [-0.4, -0.2) is 81.4 Å². The SMILES string of the molecule is Cc1ccccc1S(=O)(=O)N1CCC[C@@](COc2ccc(Cl)cc2)(CC(=O)N2CCN(C)CC2)C1. The molecule has 1 amide bonds.